The fourth-order valence-corrected chi connectivity index (χ4v) is 2.44. The highest BCUT2D eigenvalue weighted by atomic mass is 79.9. The van der Waals surface area contributed by atoms with Crippen LogP contribution in [0.4, 0.5) is 4.39 Å². The first-order valence-corrected chi connectivity index (χ1v) is 7.36. The molecule has 0 aliphatic carbocycles. The number of methoxy groups -OCH3 is 1. The van der Waals surface area contributed by atoms with Crippen LogP contribution in [0.1, 0.15) is 11.1 Å². The molecule has 0 saturated heterocycles. The number of hydrogen-bond donors (Lipinski definition) is 1. The van der Waals surface area contributed by atoms with E-state index in [0.717, 1.165) is 21.3 Å². The van der Waals surface area contributed by atoms with Crippen molar-refractivity contribution in [1.29, 1.82) is 0 Å². The maximum atomic E-state index is 13.5. The lowest BCUT2D eigenvalue weighted by atomic mass is 10.1. The van der Waals surface area contributed by atoms with Gasteiger partial charge in [0.05, 0.1) is 7.11 Å². The molecule has 2 rings (SSSR count). The van der Waals surface area contributed by atoms with Crippen molar-refractivity contribution in [2.75, 3.05) is 13.7 Å². The van der Waals surface area contributed by atoms with Gasteiger partial charge in [0.25, 0.3) is 0 Å². The van der Waals surface area contributed by atoms with Gasteiger partial charge in [0.2, 0.25) is 0 Å². The number of halogens is 2. The normalized spacial score (nSPS) is 10.5. The van der Waals surface area contributed by atoms with Gasteiger partial charge in [-0.1, -0.05) is 15.9 Å². The standard InChI is InChI=1S/C16H17BrFNO2/c1-20-16-3-2-13(17)8-12(16)10-21-15-7-11(4-5-19)6-14(18)9-15/h2-3,6-9H,4-5,10,19H2,1H3. The number of rotatable bonds is 6. The zero-order chi connectivity index (χ0) is 15.2. The third kappa shape index (κ3) is 4.44. The Labute approximate surface area is 132 Å². The minimum Gasteiger partial charge on any atom is -0.496 e. The van der Waals surface area contributed by atoms with E-state index in [4.69, 9.17) is 15.2 Å². The molecule has 0 aromatic heterocycles. The SMILES string of the molecule is COc1ccc(Br)cc1COc1cc(F)cc(CCN)c1. The summed E-state index contributed by atoms with van der Waals surface area (Å²) in [4.78, 5) is 0. The molecule has 21 heavy (non-hydrogen) atoms. The van der Waals surface area contributed by atoms with Crippen LogP contribution in [0.15, 0.2) is 40.9 Å². The van der Waals surface area contributed by atoms with Crippen LogP contribution in [0.25, 0.3) is 0 Å². The van der Waals surface area contributed by atoms with Crippen molar-refractivity contribution in [2.45, 2.75) is 13.0 Å². The quantitative estimate of drug-likeness (QED) is 0.861. The summed E-state index contributed by atoms with van der Waals surface area (Å²) in [5, 5.41) is 0. The molecule has 2 N–H and O–H groups in total. The average Bonchev–Trinajstić information content (AvgIpc) is 2.45. The van der Waals surface area contributed by atoms with Gasteiger partial charge in [0.1, 0.15) is 23.9 Å². The third-order valence-electron chi connectivity index (χ3n) is 3.00. The van der Waals surface area contributed by atoms with E-state index in [1.54, 1.807) is 13.2 Å². The van der Waals surface area contributed by atoms with Gasteiger partial charge in [0.15, 0.2) is 0 Å². The minimum atomic E-state index is -0.322. The van der Waals surface area contributed by atoms with Crippen molar-refractivity contribution in [3.63, 3.8) is 0 Å². The first-order chi connectivity index (χ1) is 10.1. The van der Waals surface area contributed by atoms with Gasteiger partial charge in [-0.15, -0.1) is 0 Å². The lowest BCUT2D eigenvalue weighted by Gasteiger charge is -2.12. The Morgan fingerprint density at radius 1 is 1.19 bits per heavy atom. The Morgan fingerprint density at radius 2 is 2.00 bits per heavy atom. The molecular formula is C16H17BrFNO2. The Hall–Kier alpha value is -1.59. The highest BCUT2D eigenvalue weighted by molar-refractivity contribution is 9.10. The van der Waals surface area contributed by atoms with Crippen LogP contribution < -0.4 is 15.2 Å². The monoisotopic (exact) mass is 353 g/mol. The van der Waals surface area contributed by atoms with Crippen molar-refractivity contribution < 1.29 is 13.9 Å². The second-order valence-corrected chi connectivity index (χ2v) is 5.49. The molecule has 0 radical (unpaired) electrons. The summed E-state index contributed by atoms with van der Waals surface area (Å²) in [6.07, 6.45) is 0.619. The molecule has 0 saturated carbocycles. The van der Waals surface area contributed by atoms with E-state index in [2.05, 4.69) is 15.9 Å². The highest BCUT2D eigenvalue weighted by Gasteiger charge is 2.06. The third-order valence-corrected chi connectivity index (χ3v) is 3.49. The minimum absolute atomic E-state index is 0.300. The van der Waals surface area contributed by atoms with Crippen molar-refractivity contribution in [3.8, 4) is 11.5 Å². The number of benzene rings is 2. The lowest BCUT2D eigenvalue weighted by molar-refractivity contribution is 0.295. The molecule has 112 valence electrons. The molecule has 0 atom stereocenters. The van der Waals surface area contributed by atoms with E-state index in [-0.39, 0.29) is 5.82 Å². The van der Waals surface area contributed by atoms with Crippen LogP contribution >= 0.6 is 15.9 Å². The smallest absolute Gasteiger partial charge is 0.127 e. The Balaban J connectivity index is 2.14. The van der Waals surface area contributed by atoms with Gasteiger partial charge >= 0.3 is 0 Å². The Bertz CT molecular complexity index is 619. The second kappa shape index (κ2) is 7.43. The van der Waals surface area contributed by atoms with Crippen molar-refractivity contribution in [1.82, 2.24) is 0 Å². The molecule has 5 heteroatoms. The Morgan fingerprint density at radius 3 is 2.71 bits per heavy atom. The summed E-state index contributed by atoms with van der Waals surface area (Å²) in [7, 11) is 1.61. The molecule has 0 unspecified atom stereocenters. The summed E-state index contributed by atoms with van der Waals surface area (Å²) in [6.45, 7) is 0.774. The lowest BCUT2D eigenvalue weighted by Crippen LogP contribution is -2.04. The van der Waals surface area contributed by atoms with Crippen LogP contribution in [0.3, 0.4) is 0 Å². The second-order valence-electron chi connectivity index (χ2n) is 4.58. The molecular weight excluding hydrogens is 337 g/mol. The number of nitrogens with two attached hydrogens (primary N) is 1. The van der Waals surface area contributed by atoms with Crippen LogP contribution in [-0.2, 0) is 13.0 Å². The van der Waals surface area contributed by atoms with Crippen molar-refractivity contribution >= 4 is 15.9 Å². The number of hydrogen-bond acceptors (Lipinski definition) is 3. The van der Waals surface area contributed by atoms with Gasteiger partial charge in [-0.3, -0.25) is 0 Å². The van der Waals surface area contributed by atoms with E-state index in [0.29, 0.717) is 25.3 Å². The summed E-state index contributed by atoms with van der Waals surface area (Å²) in [6, 6.07) is 10.3. The van der Waals surface area contributed by atoms with Crippen LogP contribution in [-0.4, -0.2) is 13.7 Å². The predicted molar refractivity (Wildman–Crippen MR) is 84.2 cm³/mol. The van der Waals surface area contributed by atoms with E-state index in [1.165, 1.54) is 12.1 Å². The maximum absolute atomic E-state index is 13.5. The highest BCUT2D eigenvalue weighted by Crippen LogP contribution is 2.25. The van der Waals surface area contributed by atoms with Gasteiger partial charge in [0, 0.05) is 16.1 Å². The number of ether oxygens (including phenoxy) is 2. The van der Waals surface area contributed by atoms with Crippen molar-refractivity contribution in [3.05, 3.63) is 57.8 Å². The van der Waals surface area contributed by atoms with E-state index in [9.17, 15) is 4.39 Å². The van der Waals surface area contributed by atoms with Gasteiger partial charge in [-0.25, -0.2) is 4.39 Å². The summed E-state index contributed by atoms with van der Waals surface area (Å²) in [5.74, 6) is 0.898. The fourth-order valence-electron chi connectivity index (χ4n) is 2.04. The summed E-state index contributed by atoms with van der Waals surface area (Å²) >= 11 is 3.41. The summed E-state index contributed by atoms with van der Waals surface area (Å²) < 4.78 is 25.4. The topological polar surface area (TPSA) is 44.5 Å². The van der Waals surface area contributed by atoms with E-state index < -0.39 is 0 Å². The van der Waals surface area contributed by atoms with Gasteiger partial charge < -0.3 is 15.2 Å². The Kier molecular flexibility index (Phi) is 5.59. The van der Waals surface area contributed by atoms with Gasteiger partial charge in [-0.05, 0) is 48.9 Å². The van der Waals surface area contributed by atoms with E-state index >= 15 is 0 Å². The molecule has 0 amide bonds. The first-order valence-electron chi connectivity index (χ1n) is 6.57. The molecule has 2 aromatic carbocycles. The molecule has 0 aliphatic rings. The molecule has 0 aliphatic heterocycles. The predicted octanol–water partition coefficient (Wildman–Crippen LogP) is 3.68. The molecule has 2 aromatic rings. The van der Waals surface area contributed by atoms with Crippen LogP contribution in [0.2, 0.25) is 0 Å². The maximum Gasteiger partial charge on any atom is 0.127 e. The van der Waals surface area contributed by atoms with Crippen LogP contribution in [0, 0.1) is 5.82 Å². The zero-order valence-corrected chi connectivity index (χ0v) is 13.3. The van der Waals surface area contributed by atoms with Gasteiger partial charge in [-0.2, -0.15) is 0 Å². The zero-order valence-electron chi connectivity index (χ0n) is 11.7. The van der Waals surface area contributed by atoms with Crippen molar-refractivity contribution in [2.24, 2.45) is 5.73 Å². The molecule has 0 bridgehead atoms. The summed E-state index contributed by atoms with van der Waals surface area (Å²) in [5.41, 5.74) is 7.21. The average molecular weight is 354 g/mol. The van der Waals surface area contributed by atoms with E-state index in [1.807, 2.05) is 18.2 Å². The first kappa shape index (κ1) is 15.8. The molecule has 0 fully saturated rings. The molecule has 3 nitrogen and oxygen atoms in total. The fraction of sp³-hybridized carbons (Fsp3) is 0.250. The van der Waals surface area contributed by atoms with Crippen LogP contribution in [0.5, 0.6) is 11.5 Å². The largest absolute Gasteiger partial charge is 0.496 e. The molecule has 0 spiro atoms. The molecule has 0 heterocycles.